The van der Waals surface area contributed by atoms with Crippen molar-refractivity contribution in [2.75, 3.05) is 6.54 Å². The minimum atomic E-state index is -2.09. The number of hydrogen-bond donors (Lipinski definition) is 3. The van der Waals surface area contributed by atoms with Crippen molar-refractivity contribution >= 4 is 41.5 Å². The molecule has 1 fully saturated rings. The van der Waals surface area contributed by atoms with Crippen molar-refractivity contribution in [3.63, 3.8) is 0 Å². The van der Waals surface area contributed by atoms with Gasteiger partial charge in [-0.3, -0.25) is 44.4 Å². The maximum absolute atomic E-state index is 13.3. The van der Waals surface area contributed by atoms with Crippen LogP contribution < -0.4 is 10.7 Å². The Labute approximate surface area is 207 Å². The lowest BCUT2D eigenvalue weighted by Crippen LogP contribution is -2.68. The molecule has 0 radical (unpaired) electrons. The van der Waals surface area contributed by atoms with Crippen molar-refractivity contribution in [3.8, 4) is 0 Å². The molecule has 3 N–H and O–H groups in total. The monoisotopic (exact) mass is 500 g/mol. The van der Waals surface area contributed by atoms with Gasteiger partial charge in [-0.15, -0.1) is 0 Å². The summed E-state index contributed by atoms with van der Waals surface area (Å²) in [6.45, 7) is 1.27. The van der Waals surface area contributed by atoms with E-state index in [0.29, 0.717) is 17.7 Å². The van der Waals surface area contributed by atoms with Crippen LogP contribution >= 0.6 is 0 Å². The molecule has 192 valence electrons. The number of carbonyl (C=O) groups is 7. The molecule has 0 aliphatic carbocycles. The molecule has 0 bridgehead atoms. The Morgan fingerprint density at radius 1 is 0.944 bits per heavy atom. The summed E-state index contributed by atoms with van der Waals surface area (Å²) >= 11 is 0. The number of unbranched alkanes of at least 4 members (excludes halogenated alkanes) is 5. The van der Waals surface area contributed by atoms with Gasteiger partial charge in [0.25, 0.3) is 23.6 Å². The average molecular weight is 501 g/mol. The molecule has 0 aromatic heterocycles. The number of urea groups is 1. The third-order valence-electron chi connectivity index (χ3n) is 6.30. The first-order chi connectivity index (χ1) is 17.1. The van der Waals surface area contributed by atoms with Gasteiger partial charge in [-0.05, 0) is 18.6 Å². The number of barbiturate groups is 1. The largest absolute Gasteiger partial charge is 0.481 e. The van der Waals surface area contributed by atoms with E-state index < -0.39 is 59.9 Å². The number of carboxylic acids is 1. The highest BCUT2D eigenvalue weighted by Crippen LogP contribution is 2.35. The fourth-order valence-corrected chi connectivity index (χ4v) is 4.39. The lowest BCUT2D eigenvalue weighted by molar-refractivity contribution is -0.162. The SMILES string of the molecule is CCCCCCCCC1(CC(=O)O)C(=O)NC(=O)N(NC(=O)CN2C(=O)c3ccccc3C2=O)C1=O. The van der Waals surface area contributed by atoms with Gasteiger partial charge in [-0.1, -0.05) is 57.6 Å². The smallest absolute Gasteiger partial charge is 0.350 e. The Balaban J connectivity index is 1.72. The van der Waals surface area contributed by atoms with Crippen LogP contribution in [0.4, 0.5) is 4.79 Å². The highest BCUT2D eigenvalue weighted by Gasteiger charge is 2.55. The zero-order valence-electron chi connectivity index (χ0n) is 19.9. The van der Waals surface area contributed by atoms with E-state index >= 15 is 0 Å². The summed E-state index contributed by atoms with van der Waals surface area (Å²) < 4.78 is 0. The number of nitrogens with zero attached hydrogens (tertiary/aromatic N) is 2. The van der Waals surface area contributed by atoms with Gasteiger partial charge in [-0.25, -0.2) is 4.79 Å². The van der Waals surface area contributed by atoms with Crippen LogP contribution in [0, 0.1) is 5.41 Å². The molecular weight excluding hydrogens is 472 g/mol. The molecule has 36 heavy (non-hydrogen) atoms. The van der Waals surface area contributed by atoms with Crippen molar-refractivity contribution in [2.24, 2.45) is 5.41 Å². The van der Waals surface area contributed by atoms with Gasteiger partial charge in [0, 0.05) is 0 Å². The number of hydrogen-bond acceptors (Lipinski definition) is 7. The summed E-state index contributed by atoms with van der Waals surface area (Å²) in [7, 11) is 0. The fourth-order valence-electron chi connectivity index (χ4n) is 4.39. The predicted octanol–water partition coefficient (Wildman–Crippen LogP) is 1.60. The van der Waals surface area contributed by atoms with Gasteiger partial charge in [0.1, 0.15) is 12.0 Å². The molecule has 0 spiro atoms. The summed E-state index contributed by atoms with van der Waals surface area (Å²) in [5.74, 6) is -6.11. The maximum Gasteiger partial charge on any atom is 0.350 e. The van der Waals surface area contributed by atoms with Crippen LogP contribution in [0.3, 0.4) is 0 Å². The summed E-state index contributed by atoms with van der Waals surface area (Å²) in [6.07, 6.45) is 3.87. The van der Waals surface area contributed by atoms with Crippen molar-refractivity contribution in [1.29, 1.82) is 0 Å². The van der Waals surface area contributed by atoms with E-state index in [2.05, 4.69) is 6.92 Å². The zero-order chi connectivity index (χ0) is 26.5. The number of imide groups is 3. The molecule has 1 atom stereocenters. The van der Waals surface area contributed by atoms with Crippen LogP contribution in [0.2, 0.25) is 0 Å². The number of rotatable bonds is 12. The quantitative estimate of drug-likeness (QED) is 0.221. The number of hydrazine groups is 1. The van der Waals surface area contributed by atoms with Crippen LogP contribution in [0.1, 0.15) is 79.0 Å². The van der Waals surface area contributed by atoms with Crippen LogP contribution in [-0.2, 0) is 19.2 Å². The van der Waals surface area contributed by atoms with E-state index in [9.17, 15) is 38.7 Å². The van der Waals surface area contributed by atoms with Crippen LogP contribution in [-0.4, -0.2) is 63.1 Å². The lowest BCUT2D eigenvalue weighted by Gasteiger charge is -2.38. The molecule has 1 unspecified atom stereocenters. The molecule has 12 nitrogen and oxygen atoms in total. The third kappa shape index (κ3) is 5.26. The van der Waals surface area contributed by atoms with Crippen molar-refractivity contribution < 1.29 is 38.7 Å². The molecule has 2 aliphatic rings. The van der Waals surface area contributed by atoms with E-state index in [1.165, 1.54) is 12.1 Å². The number of benzene rings is 1. The average Bonchev–Trinajstić information content (AvgIpc) is 3.07. The molecule has 1 saturated heterocycles. The maximum atomic E-state index is 13.3. The second kappa shape index (κ2) is 11.1. The summed E-state index contributed by atoms with van der Waals surface area (Å²) in [6, 6.07) is 4.73. The fraction of sp³-hybridized carbons (Fsp3) is 0.458. The van der Waals surface area contributed by atoms with Crippen molar-refractivity contribution in [3.05, 3.63) is 35.4 Å². The Hall–Kier alpha value is -4.09. The number of carboxylic acid groups (broad SMARTS) is 1. The minimum Gasteiger partial charge on any atom is -0.481 e. The van der Waals surface area contributed by atoms with E-state index in [4.69, 9.17) is 0 Å². The van der Waals surface area contributed by atoms with Crippen LogP contribution in [0.5, 0.6) is 0 Å². The molecule has 1 aromatic rings. The van der Waals surface area contributed by atoms with Crippen LogP contribution in [0.15, 0.2) is 24.3 Å². The topological polar surface area (TPSA) is 170 Å². The number of carbonyl (C=O) groups excluding carboxylic acids is 6. The summed E-state index contributed by atoms with van der Waals surface area (Å²) in [5, 5.41) is 11.6. The second-order valence-electron chi connectivity index (χ2n) is 8.85. The van der Waals surface area contributed by atoms with Crippen molar-refractivity contribution in [1.82, 2.24) is 20.7 Å². The molecule has 0 saturated carbocycles. The van der Waals surface area contributed by atoms with Gasteiger partial charge in [0.2, 0.25) is 5.91 Å². The first kappa shape index (κ1) is 26.5. The van der Waals surface area contributed by atoms with E-state index in [1.807, 2.05) is 10.7 Å². The predicted molar refractivity (Wildman–Crippen MR) is 123 cm³/mol. The first-order valence-electron chi connectivity index (χ1n) is 11.8. The highest BCUT2D eigenvalue weighted by atomic mass is 16.4. The number of nitrogens with one attached hydrogen (secondary N) is 2. The molecule has 2 heterocycles. The van der Waals surface area contributed by atoms with E-state index in [0.717, 1.165) is 25.7 Å². The van der Waals surface area contributed by atoms with Gasteiger partial charge < -0.3 is 5.11 Å². The molecule has 7 amide bonds. The first-order valence-corrected chi connectivity index (χ1v) is 11.8. The van der Waals surface area contributed by atoms with E-state index in [1.54, 1.807) is 12.1 Å². The third-order valence-corrected chi connectivity index (χ3v) is 6.30. The number of aliphatic carboxylic acids is 1. The normalized spacial score (nSPS) is 19.4. The van der Waals surface area contributed by atoms with Crippen LogP contribution in [0.25, 0.3) is 0 Å². The highest BCUT2D eigenvalue weighted by molar-refractivity contribution is 6.23. The summed E-state index contributed by atoms with van der Waals surface area (Å²) in [5.41, 5.74) is 0.167. The van der Waals surface area contributed by atoms with E-state index in [-0.39, 0.29) is 22.6 Å². The number of fused-ring (bicyclic) bond motifs is 1. The molecular formula is C24H28N4O8. The Morgan fingerprint density at radius 2 is 1.53 bits per heavy atom. The Bertz CT molecular complexity index is 1080. The molecule has 3 rings (SSSR count). The summed E-state index contributed by atoms with van der Waals surface area (Å²) in [4.78, 5) is 88.2. The lowest BCUT2D eigenvalue weighted by atomic mass is 9.76. The number of amides is 7. The van der Waals surface area contributed by atoms with Gasteiger partial charge in [0.15, 0.2) is 0 Å². The Morgan fingerprint density at radius 3 is 2.11 bits per heavy atom. The van der Waals surface area contributed by atoms with Gasteiger partial charge >= 0.3 is 12.0 Å². The molecule has 12 heteroatoms. The standard InChI is InChI=1S/C24H28N4O8/c1-2-3-4-5-6-9-12-24(13-18(30)31)21(34)25-23(36)28(22(24)35)26-17(29)14-27-19(32)15-10-7-8-11-16(15)20(27)33/h7-8,10-11H,2-6,9,12-14H2,1H3,(H,26,29)(H,30,31)(H,25,34,36). The zero-order valence-corrected chi connectivity index (χ0v) is 19.9. The Kier molecular flexibility index (Phi) is 8.18. The van der Waals surface area contributed by atoms with Gasteiger partial charge in [-0.2, -0.15) is 5.01 Å². The molecule has 1 aromatic carbocycles. The second-order valence-corrected chi connectivity index (χ2v) is 8.85. The minimum absolute atomic E-state index is 0.118. The molecule has 2 aliphatic heterocycles. The van der Waals surface area contributed by atoms with Gasteiger partial charge in [0.05, 0.1) is 17.5 Å². The van der Waals surface area contributed by atoms with Crippen molar-refractivity contribution in [2.45, 2.75) is 58.3 Å².